The molecule has 0 radical (unpaired) electrons. The van der Waals surface area contributed by atoms with Gasteiger partial charge in [0.15, 0.2) is 17.4 Å². The van der Waals surface area contributed by atoms with Gasteiger partial charge in [0, 0.05) is 25.5 Å². The molecular formula is C12H15ClF2O2. The minimum absolute atomic E-state index is 0.0679. The molecule has 1 aromatic rings. The first-order valence-corrected chi connectivity index (χ1v) is 5.97. The van der Waals surface area contributed by atoms with Crippen LogP contribution in [0.1, 0.15) is 18.9 Å². The van der Waals surface area contributed by atoms with Crippen LogP contribution in [0, 0.1) is 11.6 Å². The maximum absolute atomic E-state index is 13.4. The van der Waals surface area contributed by atoms with Crippen LogP contribution in [0.3, 0.4) is 0 Å². The Morgan fingerprint density at radius 3 is 2.35 bits per heavy atom. The lowest BCUT2D eigenvalue weighted by Gasteiger charge is -2.09. The largest absolute Gasteiger partial charge is 0.488 e. The molecule has 0 aliphatic rings. The van der Waals surface area contributed by atoms with E-state index in [1.807, 2.05) is 6.92 Å². The Morgan fingerprint density at radius 2 is 1.82 bits per heavy atom. The third kappa shape index (κ3) is 4.48. The number of ether oxygens (including phenoxy) is 2. The summed E-state index contributed by atoms with van der Waals surface area (Å²) in [5.41, 5.74) is 0.392. The lowest BCUT2D eigenvalue weighted by molar-refractivity contribution is 0.129. The first-order valence-electron chi connectivity index (χ1n) is 5.43. The average molecular weight is 265 g/mol. The van der Waals surface area contributed by atoms with E-state index in [1.54, 1.807) is 0 Å². The number of halogens is 3. The van der Waals surface area contributed by atoms with Gasteiger partial charge in [0.25, 0.3) is 0 Å². The van der Waals surface area contributed by atoms with Gasteiger partial charge in [0.2, 0.25) is 0 Å². The zero-order chi connectivity index (χ0) is 12.7. The van der Waals surface area contributed by atoms with Gasteiger partial charge in [-0.3, -0.25) is 0 Å². The lowest BCUT2D eigenvalue weighted by atomic mass is 10.2. The summed E-state index contributed by atoms with van der Waals surface area (Å²) in [6.07, 6.45) is 0.587. The van der Waals surface area contributed by atoms with Crippen LogP contribution in [-0.2, 0) is 10.6 Å². The summed E-state index contributed by atoms with van der Waals surface area (Å²) in [7, 11) is 0. The van der Waals surface area contributed by atoms with Crippen LogP contribution in [-0.4, -0.2) is 19.8 Å². The summed E-state index contributed by atoms with van der Waals surface area (Å²) in [6.45, 7) is 3.23. The number of benzene rings is 1. The first-order chi connectivity index (χ1) is 8.19. The van der Waals surface area contributed by atoms with E-state index >= 15 is 0 Å². The Balaban J connectivity index is 2.53. The second-order valence-electron chi connectivity index (χ2n) is 3.42. The van der Waals surface area contributed by atoms with Crippen LogP contribution >= 0.6 is 11.6 Å². The van der Waals surface area contributed by atoms with Crippen molar-refractivity contribution in [1.82, 2.24) is 0 Å². The molecule has 17 heavy (non-hydrogen) atoms. The Bertz CT molecular complexity index is 335. The number of alkyl halides is 1. The predicted octanol–water partition coefficient (Wildman–Crippen LogP) is 3.51. The average Bonchev–Trinajstić information content (AvgIpc) is 2.31. The van der Waals surface area contributed by atoms with E-state index < -0.39 is 11.6 Å². The first kappa shape index (κ1) is 14.2. The number of hydrogen-bond acceptors (Lipinski definition) is 2. The number of hydrogen-bond donors (Lipinski definition) is 0. The van der Waals surface area contributed by atoms with Gasteiger partial charge in [0.05, 0.1) is 6.61 Å². The van der Waals surface area contributed by atoms with E-state index in [4.69, 9.17) is 21.1 Å². The Labute approximate surface area is 104 Å². The second kappa shape index (κ2) is 7.45. The van der Waals surface area contributed by atoms with Gasteiger partial charge in [-0.15, -0.1) is 11.6 Å². The maximum atomic E-state index is 13.4. The summed E-state index contributed by atoms with van der Waals surface area (Å²) >= 11 is 5.49. The molecule has 0 spiro atoms. The van der Waals surface area contributed by atoms with Crippen molar-refractivity contribution in [3.8, 4) is 5.75 Å². The predicted molar refractivity (Wildman–Crippen MR) is 62.5 cm³/mol. The fourth-order valence-corrected chi connectivity index (χ4v) is 1.46. The highest BCUT2D eigenvalue weighted by molar-refractivity contribution is 6.17. The van der Waals surface area contributed by atoms with Gasteiger partial charge in [-0.2, -0.15) is 0 Å². The zero-order valence-corrected chi connectivity index (χ0v) is 10.4. The van der Waals surface area contributed by atoms with E-state index in [2.05, 4.69) is 0 Å². The standard InChI is InChI=1S/C12H15ClF2O2/c1-2-16-4-3-5-17-12-10(14)6-9(8-13)7-11(12)15/h6-7H,2-5,8H2,1H3. The molecule has 0 bridgehead atoms. The van der Waals surface area contributed by atoms with E-state index in [0.29, 0.717) is 25.2 Å². The highest BCUT2D eigenvalue weighted by Crippen LogP contribution is 2.24. The Morgan fingerprint density at radius 1 is 1.18 bits per heavy atom. The lowest BCUT2D eigenvalue weighted by Crippen LogP contribution is -2.05. The van der Waals surface area contributed by atoms with Crippen molar-refractivity contribution in [2.24, 2.45) is 0 Å². The van der Waals surface area contributed by atoms with Gasteiger partial charge >= 0.3 is 0 Å². The van der Waals surface area contributed by atoms with Crippen LogP contribution in [0.2, 0.25) is 0 Å². The fourth-order valence-electron chi connectivity index (χ4n) is 1.31. The normalized spacial score (nSPS) is 10.6. The third-order valence-electron chi connectivity index (χ3n) is 2.10. The molecule has 0 aromatic heterocycles. The summed E-state index contributed by atoms with van der Waals surface area (Å²) in [5.74, 6) is -1.73. The summed E-state index contributed by atoms with van der Waals surface area (Å²) in [6, 6.07) is 2.35. The second-order valence-corrected chi connectivity index (χ2v) is 3.69. The van der Waals surface area contributed by atoms with Crippen LogP contribution in [0.5, 0.6) is 5.75 Å². The molecule has 1 aromatic carbocycles. The molecule has 0 fully saturated rings. The van der Waals surface area contributed by atoms with Crippen molar-refractivity contribution in [3.63, 3.8) is 0 Å². The topological polar surface area (TPSA) is 18.5 Å². The van der Waals surface area contributed by atoms with Gasteiger partial charge in [-0.05, 0) is 24.6 Å². The highest BCUT2D eigenvalue weighted by Gasteiger charge is 2.12. The van der Waals surface area contributed by atoms with Gasteiger partial charge in [-0.1, -0.05) is 0 Å². The van der Waals surface area contributed by atoms with Gasteiger partial charge in [-0.25, -0.2) is 8.78 Å². The van der Waals surface area contributed by atoms with Crippen LogP contribution in [0.25, 0.3) is 0 Å². The number of rotatable bonds is 7. The molecule has 1 rings (SSSR count). The molecule has 96 valence electrons. The smallest absolute Gasteiger partial charge is 0.190 e. The van der Waals surface area contributed by atoms with E-state index in [9.17, 15) is 8.78 Å². The highest BCUT2D eigenvalue weighted by atomic mass is 35.5. The molecule has 0 aliphatic heterocycles. The van der Waals surface area contributed by atoms with Crippen molar-refractivity contribution in [2.45, 2.75) is 19.2 Å². The van der Waals surface area contributed by atoms with E-state index in [-0.39, 0.29) is 18.2 Å². The molecule has 0 aliphatic carbocycles. The van der Waals surface area contributed by atoms with Crippen LogP contribution in [0.15, 0.2) is 12.1 Å². The Hall–Kier alpha value is -0.870. The van der Waals surface area contributed by atoms with Gasteiger partial charge < -0.3 is 9.47 Å². The fraction of sp³-hybridized carbons (Fsp3) is 0.500. The van der Waals surface area contributed by atoms with Crippen molar-refractivity contribution in [3.05, 3.63) is 29.3 Å². The molecule has 0 saturated heterocycles. The minimum atomic E-state index is -0.725. The Kier molecular flexibility index (Phi) is 6.22. The SMILES string of the molecule is CCOCCCOc1c(F)cc(CCl)cc1F. The van der Waals surface area contributed by atoms with E-state index in [1.165, 1.54) is 12.1 Å². The molecule has 0 amide bonds. The molecule has 0 saturated carbocycles. The molecule has 0 unspecified atom stereocenters. The van der Waals surface area contributed by atoms with Gasteiger partial charge in [0.1, 0.15) is 0 Å². The quantitative estimate of drug-likeness (QED) is 0.554. The third-order valence-corrected chi connectivity index (χ3v) is 2.40. The molecule has 5 heteroatoms. The van der Waals surface area contributed by atoms with Crippen molar-refractivity contribution >= 4 is 11.6 Å². The van der Waals surface area contributed by atoms with E-state index in [0.717, 1.165) is 0 Å². The zero-order valence-electron chi connectivity index (χ0n) is 9.64. The summed E-state index contributed by atoms with van der Waals surface area (Å²) in [5, 5.41) is 0. The molecule has 0 N–H and O–H groups in total. The molecule has 2 nitrogen and oxygen atoms in total. The van der Waals surface area contributed by atoms with Crippen LogP contribution in [0.4, 0.5) is 8.78 Å². The van der Waals surface area contributed by atoms with Crippen molar-refractivity contribution in [1.29, 1.82) is 0 Å². The van der Waals surface area contributed by atoms with Crippen molar-refractivity contribution in [2.75, 3.05) is 19.8 Å². The minimum Gasteiger partial charge on any atom is -0.488 e. The molecule has 0 atom stereocenters. The monoisotopic (exact) mass is 264 g/mol. The molecule has 0 heterocycles. The van der Waals surface area contributed by atoms with Crippen molar-refractivity contribution < 1.29 is 18.3 Å². The summed E-state index contributed by atoms with van der Waals surface area (Å²) in [4.78, 5) is 0. The molecular weight excluding hydrogens is 250 g/mol. The summed E-state index contributed by atoms with van der Waals surface area (Å²) < 4.78 is 37.0. The van der Waals surface area contributed by atoms with Crippen LogP contribution < -0.4 is 4.74 Å². The maximum Gasteiger partial charge on any atom is 0.190 e.